The summed E-state index contributed by atoms with van der Waals surface area (Å²) in [5.74, 6) is 0.692. The molecule has 1 aromatic carbocycles. The molecule has 1 atom stereocenters. The van der Waals surface area contributed by atoms with Gasteiger partial charge in [-0.1, -0.05) is 29.8 Å². The summed E-state index contributed by atoms with van der Waals surface area (Å²) in [5.41, 5.74) is 0.690. The molecule has 0 bridgehead atoms. The molecule has 0 saturated carbocycles. The maximum atomic E-state index is 13.2. The third-order valence-corrected chi connectivity index (χ3v) is 3.01. The first-order chi connectivity index (χ1) is 7.56. The van der Waals surface area contributed by atoms with Gasteiger partial charge in [-0.15, -0.1) is 0 Å². The SMILES string of the molecule is CC(C)[C@@H]1COC(c2cc(F)cc(Br)c2)=N1. The van der Waals surface area contributed by atoms with E-state index in [-0.39, 0.29) is 11.9 Å². The quantitative estimate of drug-likeness (QED) is 0.816. The number of benzene rings is 1. The van der Waals surface area contributed by atoms with Crippen LogP contribution in [0.3, 0.4) is 0 Å². The molecule has 4 heteroatoms. The van der Waals surface area contributed by atoms with Crippen LogP contribution < -0.4 is 0 Å². The topological polar surface area (TPSA) is 21.6 Å². The zero-order valence-corrected chi connectivity index (χ0v) is 10.8. The van der Waals surface area contributed by atoms with Crippen LogP contribution in [-0.2, 0) is 4.74 Å². The maximum absolute atomic E-state index is 13.2. The summed E-state index contributed by atoms with van der Waals surface area (Å²) in [7, 11) is 0. The van der Waals surface area contributed by atoms with E-state index in [1.165, 1.54) is 12.1 Å². The van der Waals surface area contributed by atoms with Gasteiger partial charge in [-0.25, -0.2) is 9.38 Å². The molecule has 16 heavy (non-hydrogen) atoms. The minimum Gasteiger partial charge on any atom is -0.475 e. The monoisotopic (exact) mass is 285 g/mol. The molecule has 0 spiro atoms. The number of rotatable bonds is 2. The van der Waals surface area contributed by atoms with Crippen LogP contribution >= 0.6 is 15.9 Å². The Morgan fingerprint density at radius 3 is 2.75 bits per heavy atom. The molecule has 86 valence electrons. The second-order valence-electron chi connectivity index (χ2n) is 4.21. The van der Waals surface area contributed by atoms with Gasteiger partial charge in [0.25, 0.3) is 0 Å². The van der Waals surface area contributed by atoms with Crippen molar-refractivity contribution in [2.75, 3.05) is 6.61 Å². The molecular weight excluding hydrogens is 273 g/mol. The van der Waals surface area contributed by atoms with Crippen LogP contribution in [0.5, 0.6) is 0 Å². The fraction of sp³-hybridized carbons (Fsp3) is 0.417. The fourth-order valence-electron chi connectivity index (χ4n) is 1.57. The number of aliphatic imine (C=N–C) groups is 1. The highest BCUT2D eigenvalue weighted by Gasteiger charge is 2.23. The van der Waals surface area contributed by atoms with Gasteiger partial charge in [0.1, 0.15) is 12.4 Å². The summed E-state index contributed by atoms with van der Waals surface area (Å²) in [6, 6.07) is 4.84. The van der Waals surface area contributed by atoms with Gasteiger partial charge >= 0.3 is 0 Å². The number of ether oxygens (including phenoxy) is 1. The van der Waals surface area contributed by atoms with E-state index in [9.17, 15) is 4.39 Å². The summed E-state index contributed by atoms with van der Waals surface area (Å²) in [6.45, 7) is 4.78. The molecule has 0 N–H and O–H groups in total. The van der Waals surface area contributed by atoms with E-state index in [0.717, 1.165) is 0 Å². The second-order valence-corrected chi connectivity index (χ2v) is 5.13. The standard InChI is InChI=1S/C12H13BrFNO/c1-7(2)11-6-16-12(15-11)8-3-9(13)5-10(14)4-8/h3-5,7,11H,6H2,1-2H3/t11-/m0/s1. The maximum Gasteiger partial charge on any atom is 0.216 e. The van der Waals surface area contributed by atoms with Crippen molar-refractivity contribution < 1.29 is 9.13 Å². The van der Waals surface area contributed by atoms with Crippen LogP contribution in [0.15, 0.2) is 27.7 Å². The number of halogens is 2. The highest BCUT2D eigenvalue weighted by Crippen LogP contribution is 2.21. The van der Waals surface area contributed by atoms with E-state index < -0.39 is 0 Å². The molecule has 2 rings (SSSR count). The lowest BCUT2D eigenvalue weighted by Gasteiger charge is -2.06. The van der Waals surface area contributed by atoms with Crippen LogP contribution in [0.2, 0.25) is 0 Å². The smallest absolute Gasteiger partial charge is 0.216 e. The van der Waals surface area contributed by atoms with E-state index in [4.69, 9.17) is 4.74 Å². The van der Waals surface area contributed by atoms with E-state index in [0.29, 0.717) is 28.5 Å². The molecule has 0 unspecified atom stereocenters. The Morgan fingerprint density at radius 2 is 2.19 bits per heavy atom. The molecule has 0 amide bonds. The van der Waals surface area contributed by atoms with Crippen molar-refractivity contribution in [2.24, 2.45) is 10.9 Å². The predicted octanol–water partition coefficient (Wildman–Crippen LogP) is 3.39. The van der Waals surface area contributed by atoms with Crippen molar-refractivity contribution in [3.8, 4) is 0 Å². The Bertz CT molecular complexity index is 411. The van der Waals surface area contributed by atoms with E-state index in [2.05, 4.69) is 34.8 Å². The number of hydrogen-bond donors (Lipinski definition) is 0. The van der Waals surface area contributed by atoms with E-state index in [1.807, 2.05) is 6.07 Å². The molecule has 0 aromatic heterocycles. The van der Waals surface area contributed by atoms with Crippen molar-refractivity contribution in [3.63, 3.8) is 0 Å². The van der Waals surface area contributed by atoms with Crippen LogP contribution in [0.4, 0.5) is 4.39 Å². The molecule has 1 heterocycles. The fourth-order valence-corrected chi connectivity index (χ4v) is 2.03. The molecule has 0 saturated heterocycles. The van der Waals surface area contributed by atoms with Crippen LogP contribution in [0, 0.1) is 11.7 Å². The number of nitrogens with zero attached hydrogens (tertiary/aromatic N) is 1. The zero-order chi connectivity index (χ0) is 11.7. The Morgan fingerprint density at radius 1 is 1.44 bits per heavy atom. The molecular formula is C12H13BrFNO. The minimum atomic E-state index is -0.288. The van der Waals surface area contributed by atoms with Gasteiger partial charge in [0.05, 0.1) is 6.04 Å². The van der Waals surface area contributed by atoms with Crippen molar-refractivity contribution in [1.29, 1.82) is 0 Å². The van der Waals surface area contributed by atoms with Crippen molar-refractivity contribution in [1.82, 2.24) is 0 Å². The second kappa shape index (κ2) is 4.53. The third kappa shape index (κ3) is 2.43. The molecule has 0 radical (unpaired) electrons. The van der Waals surface area contributed by atoms with E-state index >= 15 is 0 Å². The van der Waals surface area contributed by atoms with Gasteiger partial charge in [0.15, 0.2) is 0 Å². The summed E-state index contributed by atoms with van der Waals surface area (Å²) in [6.07, 6.45) is 0. The van der Waals surface area contributed by atoms with Gasteiger partial charge in [-0.05, 0) is 24.1 Å². The minimum absolute atomic E-state index is 0.178. The van der Waals surface area contributed by atoms with Crippen molar-refractivity contribution in [2.45, 2.75) is 19.9 Å². The first-order valence-corrected chi connectivity index (χ1v) is 6.02. The highest BCUT2D eigenvalue weighted by molar-refractivity contribution is 9.10. The van der Waals surface area contributed by atoms with Crippen molar-refractivity contribution >= 4 is 21.8 Å². The first-order valence-electron chi connectivity index (χ1n) is 5.23. The van der Waals surface area contributed by atoms with Gasteiger partial charge in [-0.2, -0.15) is 0 Å². The lowest BCUT2D eigenvalue weighted by Crippen LogP contribution is -2.13. The lowest BCUT2D eigenvalue weighted by atomic mass is 10.1. The molecule has 0 fully saturated rings. The molecule has 1 aliphatic heterocycles. The number of hydrogen-bond acceptors (Lipinski definition) is 2. The van der Waals surface area contributed by atoms with Crippen LogP contribution in [0.1, 0.15) is 19.4 Å². The van der Waals surface area contributed by atoms with Gasteiger partial charge in [-0.3, -0.25) is 0 Å². The Balaban J connectivity index is 2.28. The van der Waals surface area contributed by atoms with Gasteiger partial charge < -0.3 is 4.74 Å². The summed E-state index contributed by atoms with van der Waals surface area (Å²) < 4.78 is 19.4. The van der Waals surface area contributed by atoms with Gasteiger partial charge in [0.2, 0.25) is 5.90 Å². The van der Waals surface area contributed by atoms with Crippen molar-refractivity contribution in [3.05, 3.63) is 34.1 Å². The van der Waals surface area contributed by atoms with Gasteiger partial charge in [0, 0.05) is 10.0 Å². The molecule has 0 aliphatic carbocycles. The largest absolute Gasteiger partial charge is 0.475 e. The summed E-state index contributed by atoms with van der Waals surface area (Å²) in [4.78, 5) is 4.45. The molecule has 1 aromatic rings. The first kappa shape index (κ1) is 11.6. The molecule has 2 nitrogen and oxygen atoms in total. The van der Waals surface area contributed by atoms with E-state index in [1.54, 1.807) is 0 Å². The zero-order valence-electron chi connectivity index (χ0n) is 9.21. The Labute approximate surface area is 103 Å². The van der Waals surface area contributed by atoms with Crippen LogP contribution in [0.25, 0.3) is 0 Å². The Hall–Kier alpha value is -0.900. The molecule has 1 aliphatic rings. The third-order valence-electron chi connectivity index (χ3n) is 2.55. The Kier molecular flexibility index (Phi) is 3.28. The average molecular weight is 286 g/mol. The summed E-state index contributed by atoms with van der Waals surface area (Å²) in [5, 5.41) is 0. The normalized spacial score (nSPS) is 19.8. The summed E-state index contributed by atoms with van der Waals surface area (Å²) >= 11 is 3.25. The average Bonchev–Trinajstić information content (AvgIpc) is 2.64. The predicted molar refractivity (Wildman–Crippen MR) is 65.2 cm³/mol. The van der Waals surface area contributed by atoms with Crippen LogP contribution in [-0.4, -0.2) is 18.5 Å². The highest BCUT2D eigenvalue weighted by atomic mass is 79.9. The lowest BCUT2D eigenvalue weighted by molar-refractivity contribution is 0.292.